The molecule has 1 aromatic heterocycles. The van der Waals surface area contributed by atoms with E-state index in [-0.39, 0.29) is 0 Å². The fourth-order valence-electron chi connectivity index (χ4n) is 1.29. The van der Waals surface area contributed by atoms with Gasteiger partial charge in [-0.2, -0.15) is 0 Å². The predicted molar refractivity (Wildman–Crippen MR) is 72.7 cm³/mol. The first kappa shape index (κ1) is 12.7. The van der Waals surface area contributed by atoms with E-state index in [1.54, 1.807) is 18.3 Å². The van der Waals surface area contributed by atoms with Gasteiger partial charge in [-0.3, -0.25) is 0 Å². The lowest BCUT2D eigenvalue weighted by Gasteiger charge is -2.08. The molecule has 2 rings (SSSR count). The van der Waals surface area contributed by atoms with Crippen molar-refractivity contribution < 1.29 is 4.74 Å². The van der Waals surface area contributed by atoms with Crippen molar-refractivity contribution in [3.63, 3.8) is 0 Å². The summed E-state index contributed by atoms with van der Waals surface area (Å²) in [6, 6.07) is 9.08. The van der Waals surface area contributed by atoms with Crippen molar-refractivity contribution in [1.29, 1.82) is 0 Å². The molecule has 0 fully saturated rings. The van der Waals surface area contributed by atoms with Crippen LogP contribution in [-0.2, 0) is 6.61 Å². The van der Waals surface area contributed by atoms with Crippen LogP contribution in [0.15, 0.2) is 41.0 Å². The van der Waals surface area contributed by atoms with Crippen LogP contribution in [0, 0.1) is 0 Å². The van der Waals surface area contributed by atoms with Gasteiger partial charge in [0.05, 0.1) is 5.02 Å². The van der Waals surface area contributed by atoms with Crippen molar-refractivity contribution >= 4 is 39.1 Å². The van der Waals surface area contributed by atoms with Gasteiger partial charge in [-0.1, -0.05) is 39.1 Å². The smallest absolute Gasteiger partial charge is 0.138 e. The number of halogens is 3. The van der Waals surface area contributed by atoms with Crippen molar-refractivity contribution in [2.75, 3.05) is 0 Å². The van der Waals surface area contributed by atoms with E-state index in [2.05, 4.69) is 20.9 Å². The van der Waals surface area contributed by atoms with Gasteiger partial charge in [0.2, 0.25) is 0 Å². The zero-order valence-electron chi connectivity index (χ0n) is 8.66. The van der Waals surface area contributed by atoms with Crippen molar-refractivity contribution in [3.8, 4) is 5.75 Å². The summed E-state index contributed by atoms with van der Waals surface area (Å²) >= 11 is 15.1. The molecule has 1 aromatic carbocycles. The minimum atomic E-state index is 0.406. The van der Waals surface area contributed by atoms with Crippen LogP contribution in [-0.4, -0.2) is 4.98 Å². The Hall–Kier alpha value is -0.770. The molecule has 0 amide bonds. The Kier molecular flexibility index (Phi) is 4.26. The second kappa shape index (κ2) is 5.71. The average Bonchev–Trinajstić information content (AvgIpc) is 2.28. The molecule has 0 saturated carbocycles. The molecule has 1 heterocycles. The minimum absolute atomic E-state index is 0.406. The molecule has 88 valence electrons. The van der Waals surface area contributed by atoms with Crippen LogP contribution < -0.4 is 4.74 Å². The summed E-state index contributed by atoms with van der Waals surface area (Å²) in [6.07, 6.45) is 1.64. The van der Waals surface area contributed by atoms with E-state index in [9.17, 15) is 0 Å². The highest BCUT2D eigenvalue weighted by Gasteiger charge is 2.03. The Morgan fingerprint density at radius 3 is 2.71 bits per heavy atom. The van der Waals surface area contributed by atoms with E-state index in [1.165, 1.54) is 0 Å². The molecule has 2 aromatic rings. The highest BCUT2D eigenvalue weighted by Crippen LogP contribution is 2.28. The number of nitrogens with zero attached hydrogens (tertiary/aromatic N) is 1. The number of pyridine rings is 1. The topological polar surface area (TPSA) is 22.1 Å². The Balaban J connectivity index is 2.07. The third-order valence-corrected chi connectivity index (χ3v) is 3.07. The maximum atomic E-state index is 6.03. The monoisotopic (exact) mass is 331 g/mol. The van der Waals surface area contributed by atoms with Crippen LogP contribution in [0.5, 0.6) is 5.75 Å². The number of hydrogen-bond acceptors (Lipinski definition) is 2. The molecule has 0 saturated heterocycles. The lowest BCUT2D eigenvalue weighted by molar-refractivity contribution is 0.306. The summed E-state index contributed by atoms with van der Waals surface area (Å²) in [5, 5.41) is 1.02. The van der Waals surface area contributed by atoms with Gasteiger partial charge in [0, 0.05) is 10.7 Å². The van der Waals surface area contributed by atoms with Gasteiger partial charge in [-0.15, -0.1) is 0 Å². The summed E-state index contributed by atoms with van der Waals surface area (Å²) in [6.45, 7) is 0.406. The predicted octanol–water partition coefficient (Wildman–Crippen LogP) is 4.73. The maximum Gasteiger partial charge on any atom is 0.138 e. The van der Waals surface area contributed by atoms with Crippen LogP contribution >= 0.6 is 39.1 Å². The molecule has 0 aliphatic carbocycles. The largest absolute Gasteiger partial charge is 0.487 e. The van der Waals surface area contributed by atoms with E-state index >= 15 is 0 Å². The number of rotatable bonds is 3. The molecule has 0 unspecified atom stereocenters. The van der Waals surface area contributed by atoms with Gasteiger partial charge in [0.25, 0.3) is 0 Å². The van der Waals surface area contributed by atoms with E-state index < -0.39 is 0 Å². The zero-order chi connectivity index (χ0) is 12.3. The van der Waals surface area contributed by atoms with Gasteiger partial charge >= 0.3 is 0 Å². The number of benzene rings is 1. The van der Waals surface area contributed by atoms with Crippen molar-refractivity contribution in [2.24, 2.45) is 0 Å². The van der Waals surface area contributed by atoms with Crippen LogP contribution in [0.25, 0.3) is 0 Å². The van der Waals surface area contributed by atoms with Crippen molar-refractivity contribution in [2.45, 2.75) is 6.61 Å². The minimum Gasteiger partial charge on any atom is -0.487 e. The molecular weight excluding hydrogens is 325 g/mol. The maximum absolute atomic E-state index is 6.03. The molecule has 0 spiro atoms. The van der Waals surface area contributed by atoms with Crippen LogP contribution in [0.4, 0.5) is 0 Å². The molecule has 0 atom stereocenters. The Labute approximate surface area is 118 Å². The Bertz CT molecular complexity index is 534. The third-order valence-electron chi connectivity index (χ3n) is 2.08. The number of ether oxygens (including phenoxy) is 1. The summed E-state index contributed by atoms with van der Waals surface area (Å²) < 4.78 is 6.51. The Morgan fingerprint density at radius 1 is 1.18 bits per heavy atom. The normalized spacial score (nSPS) is 10.3. The first-order chi connectivity index (χ1) is 8.15. The first-order valence-electron chi connectivity index (χ1n) is 4.83. The fraction of sp³-hybridized carbons (Fsp3) is 0.0833. The highest BCUT2D eigenvalue weighted by atomic mass is 79.9. The van der Waals surface area contributed by atoms with Crippen molar-refractivity contribution in [1.82, 2.24) is 4.98 Å². The summed E-state index contributed by atoms with van der Waals surface area (Å²) in [4.78, 5) is 3.90. The Morgan fingerprint density at radius 2 is 2.00 bits per heavy atom. The molecule has 2 nitrogen and oxygen atoms in total. The molecular formula is C12H8BrCl2NO. The molecule has 0 aliphatic rings. The second-order valence-corrected chi connectivity index (χ2v) is 5.06. The second-order valence-electron chi connectivity index (χ2n) is 3.35. The molecule has 0 radical (unpaired) electrons. The van der Waals surface area contributed by atoms with E-state index in [0.717, 1.165) is 10.0 Å². The van der Waals surface area contributed by atoms with Gasteiger partial charge in [0.15, 0.2) is 0 Å². The van der Waals surface area contributed by atoms with Gasteiger partial charge in [0.1, 0.15) is 17.5 Å². The van der Waals surface area contributed by atoms with Gasteiger partial charge < -0.3 is 4.74 Å². The number of hydrogen-bond donors (Lipinski definition) is 0. The summed E-state index contributed by atoms with van der Waals surface area (Å²) in [7, 11) is 0. The van der Waals surface area contributed by atoms with Crippen LogP contribution in [0.2, 0.25) is 10.2 Å². The molecule has 0 bridgehead atoms. The highest BCUT2D eigenvalue weighted by molar-refractivity contribution is 9.10. The molecule has 0 aliphatic heterocycles. The zero-order valence-corrected chi connectivity index (χ0v) is 11.8. The summed E-state index contributed by atoms with van der Waals surface area (Å²) in [5.74, 6) is 0.641. The lowest BCUT2D eigenvalue weighted by Crippen LogP contribution is -1.96. The van der Waals surface area contributed by atoms with Crippen LogP contribution in [0.3, 0.4) is 0 Å². The molecule has 0 N–H and O–H groups in total. The lowest BCUT2D eigenvalue weighted by atomic mass is 10.3. The number of aromatic nitrogens is 1. The van der Waals surface area contributed by atoms with Crippen LogP contribution in [0.1, 0.15) is 5.56 Å². The van der Waals surface area contributed by atoms with E-state index in [4.69, 9.17) is 27.9 Å². The fourth-order valence-corrected chi connectivity index (χ4v) is 2.21. The molecule has 17 heavy (non-hydrogen) atoms. The van der Waals surface area contributed by atoms with Gasteiger partial charge in [-0.25, -0.2) is 4.98 Å². The van der Waals surface area contributed by atoms with Gasteiger partial charge in [-0.05, 0) is 35.9 Å². The quantitative estimate of drug-likeness (QED) is 0.758. The standard InChI is InChI=1S/C12H8BrCl2NO/c13-9-1-2-11(10(14)6-9)17-7-8-3-4-16-12(15)5-8/h1-6H,7H2. The third kappa shape index (κ3) is 3.60. The first-order valence-corrected chi connectivity index (χ1v) is 6.38. The summed E-state index contributed by atoms with van der Waals surface area (Å²) in [5.41, 5.74) is 0.948. The SMILES string of the molecule is Clc1cc(COc2ccc(Br)cc2Cl)ccn1. The molecule has 5 heteroatoms. The average molecular weight is 333 g/mol. The van der Waals surface area contributed by atoms with E-state index in [1.807, 2.05) is 18.2 Å². The van der Waals surface area contributed by atoms with E-state index in [0.29, 0.717) is 22.5 Å². The van der Waals surface area contributed by atoms with Crippen molar-refractivity contribution in [3.05, 3.63) is 56.7 Å².